The average molecular weight is 254 g/mol. The van der Waals surface area contributed by atoms with Gasteiger partial charge in [0.25, 0.3) is 0 Å². The van der Waals surface area contributed by atoms with Gasteiger partial charge in [0.2, 0.25) is 0 Å². The van der Waals surface area contributed by atoms with Gasteiger partial charge < -0.3 is 10.1 Å². The monoisotopic (exact) mass is 253 g/mol. The molecule has 0 amide bonds. The molecule has 0 aromatic heterocycles. The second-order valence-corrected chi connectivity index (χ2v) is 5.56. The molecule has 1 heterocycles. The van der Waals surface area contributed by atoms with E-state index >= 15 is 0 Å². The molecule has 0 radical (unpaired) electrons. The molecule has 0 saturated carbocycles. The predicted octanol–water partition coefficient (Wildman–Crippen LogP) is 3.31. The van der Waals surface area contributed by atoms with Crippen molar-refractivity contribution in [1.29, 1.82) is 0 Å². The number of aryl methyl sites for hydroxylation is 1. The molecule has 1 aromatic carbocycles. The number of halogens is 1. The number of hydrogen-bond donors (Lipinski definition) is 1. The Hall–Kier alpha value is -0.570. The number of ether oxygens (including phenoxy) is 1. The predicted molar refractivity (Wildman–Crippen MR) is 71.5 cm³/mol. The summed E-state index contributed by atoms with van der Waals surface area (Å²) >= 11 is 6.12. The van der Waals surface area contributed by atoms with E-state index in [9.17, 15) is 0 Å². The minimum Gasteiger partial charge on any atom is -0.380 e. The highest BCUT2D eigenvalue weighted by Gasteiger charge is 2.26. The topological polar surface area (TPSA) is 21.3 Å². The molecule has 0 spiro atoms. The van der Waals surface area contributed by atoms with E-state index in [4.69, 9.17) is 16.3 Å². The van der Waals surface area contributed by atoms with Crippen LogP contribution in [0.2, 0.25) is 5.02 Å². The van der Waals surface area contributed by atoms with Gasteiger partial charge in [0.1, 0.15) is 0 Å². The van der Waals surface area contributed by atoms with Gasteiger partial charge in [0.05, 0.1) is 6.61 Å². The fraction of sp³-hybridized carbons (Fsp3) is 0.571. The van der Waals surface area contributed by atoms with Crippen LogP contribution >= 0.6 is 11.6 Å². The second-order valence-electron chi connectivity index (χ2n) is 5.15. The Kier molecular flexibility index (Phi) is 4.08. The van der Waals surface area contributed by atoms with Gasteiger partial charge in [-0.2, -0.15) is 0 Å². The van der Waals surface area contributed by atoms with Crippen molar-refractivity contribution in [2.75, 3.05) is 13.2 Å². The summed E-state index contributed by atoms with van der Waals surface area (Å²) in [5, 5.41) is 4.42. The van der Waals surface area contributed by atoms with Gasteiger partial charge in [0, 0.05) is 23.7 Å². The zero-order valence-corrected chi connectivity index (χ0v) is 11.3. The first kappa shape index (κ1) is 12.9. The van der Waals surface area contributed by atoms with Crippen molar-refractivity contribution in [2.45, 2.75) is 38.8 Å². The smallest absolute Gasteiger partial charge is 0.0645 e. The van der Waals surface area contributed by atoms with Crippen LogP contribution in [-0.4, -0.2) is 18.8 Å². The third-order valence-electron chi connectivity index (χ3n) is 3.39. The van der Waals surface area contributed by atoms with Crippen molar-refractivity contribution in [2.24, 2.45) is 0 Å². The van der Waals surface area contributed by atoms with Crippen LogP contribution in [0.5, 0.6) is 0 Å². The maximum absolute atomic E-state index is 6.12. The quantitative estimate of drug-likeness (QED) is 0.893. The Balaban J connectivity index is 1.94. The second kappa shape index (κ2) is 5.38. The largest absolute Gasteiger partial charge is 0.380 e. The summed E-state index contributed by atoms with van der Waals surface area (Å²) in [6, 6.07) is 6.23. The molecular formula is C14H20ClNO. The zero-order chi connectivity index (χ0) is 12.3. The standard InChI is InChI=1S/C14H20ClNO/c1-11-4-5-12(8-13(11)15)9-16-14(2)6-3-7-17-10-14/h4-5,8,16H,3,6-7,9-10H2,1-2H3. The molecule has 1 aliphatic heterocycles. The normalized spacial score (nSPS) is 24.9. The molecule has 3 heteroatoms. The summed E-state index contributed by atoms with van der Waals surface area (Å²) in [4.78, 5) is 0. The first-order valence-corrected chi connectivity index (χ1v) is 6.55. The van der Waals surface area contributed by atoms with E-state index in [2.05, 4.69) is 24.4 Å². The van der Waals surface area contributed by atoms with Crippen LogP contribution in [0.4, 0.5) is 0 Å². The molecule has 1 unspecified atom stereocenters. The van der Waals surface area contributed by atoms with Gasteiger partial charge in [0.15, 0.2) is 0 Å². The lowest BCUT2D eigenvalue weighted by Crippen LogP contribution is -2.48. The number of nitrogens with one attached hydrogen (secondary N) is 1. The minimum atomic E-state index is 0.107. The van der Waals surface area contributed by atoms with Crippen molar-refractivity contribution in [3.05, 3.63) is 34.3 Å². The lowest BCUT2D eigenvalue weighted by atomic mass is 9.94. The molecule has 1 N–H and O–H groups in total. The van der Waals surface area contributed by atoms with Crippen LogP contribution in [0.25, 0.3) is 0 Å². The SMILES string of the molecule is Cc1ccc(CNC2(C)CCCOC2)cc1Cl. The Morgan fingerprint density at radius 3 is 2.94 bits per heavy atom. The lowest BCUT2D eigenvalue weighted by molar-refractivity contribution is 0.0278. The van der Waals surface area contributed by atoms with Crippen molar-refractivity contribution < 1.29 is 4.74 Å². The minimum absolute atomic E-state index is 0.107. The van der Waals surface area contributed by atoms with E-state index in [1.807, 2.05) is 13.0 Å². The molecule has 2 rings (SSSR count). The van der Waals surface area contributed by atoms with Crippen molar-refractivity contribution >= 4 is 11.6 Å². The highest BCUT2D eigenvalue weighted by molar-refractivity contribution is 6.31. The van der Waals surface area contributed by atoms with E-state index in [-0.39, 0.29) is 5.54 Å². The fourth-order valence-corrected chi connectivity index (χ4v) is 2.34. The van der Waals surface area contributed by atoms with E-state index in [0.29, 0.717) is 0 Å². The summed E-state index contributed by atoms with van der Waals surface area (Å²) < 4.78 is 5.53. The Bertz CT molecular complexity index is 386. The number of hydrogen-bond acceptors (Lipinski definition) is 2. The molecule has 1 atom stereocenters. The average Bonchev–Trinajstić information content (AvgIpc) is 2.32. The first-order valence-electron chi connectivity index (χ1n) is 6.17. The lowest BCUT2D eigenvalue weighted by Gasteiger charge is -2.34. The third-order valence-corrected chi connectivity index (χ3v) is 3.80. The Labute approximate surface area is 108 Å². The number of benzene rings is 1. The molecule has 1 fully saturated rings. The van der Waals surface area contributed by atoms with Crippen molar-refractivity contribution in [3.8, 4) is 0 Å². The van der Waals surface area contributed by atoms with Gasteiger partial charge in [-0.3, -0.25) is 0 Å². The highest BCUT2D eigenvalue weighted by atomic mass is 35.5. The van der Waals surface area contributed by atoms with Gasteiger partial charge in [-0.1, -0.05) is 23.7 Å². The highest BCUT2D eigenvalue weighted by Crippen LogP contribution is 2.20. The number of rotatable bonds is 3. The molecule has 1 aromatic rings. The van der Waals surface area contributed by atoms with Crippen molar-refractivity contribution in [3.63, 3.8) is 0 Å². The molecule has 2 nitrogen and oxygen atoms in total. The summed E-state index contributed by atoms with van der Waals surface area (Å²) in [6.45, 7) is 6.79. The van der Waals surface area contributed by atoms with Crippen LogP contribution in [0.1, 0.15) is 30.9 Å². The van der Waals surface area contributed by atoms with E-state index in [1.54, 1.807) is 0 Å². The van der Waals surface area contributed by atoms with Gasteiger partial charge in [-0.05, 0) is 43.9 Å². The van der Waals surface area contributed by atoms with Crippen LogP contribution in [-0.2, 0) is 11.3 Å². The molecule has 1 aliphatic rings. The Morgan fingerprint density at radius 2 is 2.29 bits per heavy atom. The summed E-state index contributed by atoms with van der Waals surface area (Å²) in [6.07, 6.45) is 2.31. The Morgan fingerprint density at radius 1 is 1.47 bits per heavy atom. The van der Waals surface area contributed by atoms with E-state index in [1.165, 1.54) is 12.0 Å². The van der Waals surface area contributed by atoms with Gasteiger partial charge in [-0.15, -0.1) is 0 Å². The third kappa shape index (κ3) is 3.44. The molecule has 0 aliphatic carbocycles. The van der Waals surface area contributed by atoms with E-state index in [0.717, 1.165) is 36.8 Å². The molecular weight excluding hydrogens is 234 g/mol. The van der Waals surface area contributed by atoms with Crippen LogP contribution < -0.4 is 5.32 Å². The summed E-state index contributed by atoms with van der Waals surface area (Å²) in [7, 11) is 0. The molecule has 1 saturated heterocycles. The zero-order valence-electron chi connectivity index (χ0n) is 10.6. The van der Waals surface area contributed by atoms with Crippen LogP contribution in [0, 0.1) is 6.92 Å². The fourth-order valence-electron chi connectivity index (χ4n) is 2.14. The maximum Gasteiger partial charge on any atom is 0.0645 e. The van der Waals surface area contributed by atoms with E-state index < -0.39 is 0 Å². The van der Waals surface area contributed by atoms with Gasteiger partial charge in [-0.25, -0.2) is 0 Å². The molecule has 0 bridgehead atoms. The molecule has 94 valence electrons. The first-order chi connectivity index (χ1) is 8.09. The van der Waals surface area contributed by atoms with Crippen LogP contribution in [0.3, 0.4) is 0 Å². The van der Waals surface area contributed by atoms with Gasteiger partial charge >= 0.3 is 0 Å². The molecule has 17 heavy (non-hydrogen) atoms. The summed E-state index contributed by atoms with van der Waals surface area (Å²) in [5.74, 6) is 0. The maximum atomic E-state index is 6.12. The summed E-state index contributed by atoms with van der Waals surface area (Å²) in [5.41, 5.74) is 2.46. The van der Waals surface area contributed by atoms with Crippen molar-refractivity contribution in [1.82, 2.24) is 5.32 Å². The van der Waals surface area contributed by atoms with Crippen LogP contribution in [0.15, 0.2) is 18.2 Å².